The van der Waals surface area contributed by atoms with Gasteiger partial charge < -0.3 is 10.0 Å². The third-order valence-corrected chi connectivity index (χ3v) is 6.04. The van der Waals surface area contributed by atoms with E-state index in [1.807, 2.05) is 61.5 Å². The Balaban J connectivity index is 1.64. The molecular weight excluding hydrogens is 442 g/mol. The van der Waals surface area contributed by atoms with Crippen LogP contribution in [0.25, 0.3) is 0 Å². The standard InChI is InChI=1S/C25H22BrNO3/c1-17-7-9-19(10-8-17)23(28)16-25(30)21-15-20(26)11-12-22(21)27(24(25)29)14-13-18-5-3-2-4-6-18/h2-12,15,30H,13-14,16H2,1H3/t25-/m1/s1. The molecule has 3 aromatic rings. The molecule has 1 N–H and O–H groups in total. The Hall–Kier alpha value is -2.76. The fraction of sp³-hybridized carbons (Fsp3) is 0.200. The van der Waals surface area contributed by atoms with Gasteiger partial charge in [-0.2, -0.15) is 0 Å². The molecule has 0 saturated heterocycles. The van der Waals surface area contributed by atoms with Crippen molar-refractivity contribution in [3.05, 3.63) is 99.5 Å². The second-order valence-electron chi connectivity index (χ2n) is 7.68. The minimum Gasteiger partial charge on any atom is -0.375 e. The molecular formula is C25H22BrNO3. The number of Topliss-reactive ketones (excluding diaryl/α,β-unsaturated/α-hetero) is 1. The number of carbonyl (C=O) groups is 2. The van der Waals surface area contributed by atoms with Crippen molar-refractivity contribution in [3.63, 3.8) is 0 Å². The molecule has 0 unspecified atom stereocenters. The van der Waals surface area contributed by atoms with Crippen LogP contribution in [-0.4, -0.2) is 23.3 Å². The smallest absolute Gasteiger partial charge is 0.264 e. The number of carbonyl (C=O) groups excluding carboxylic acids is 2. The Morgan fingerprint density at radius 3 is 2.43 bits per heavy atom. The first-order valence-corrected chi connectivity index (χ1v) is 10.7. The molecule has 0 fully saturated rings. The lowest BCUT2D eigenvalue weighted by Gasteiger charge is -2.23. The molecule has 1 heterocycles. The zero-order valence-electron chi connectivity index (χ0n) is 16.6. The summed E-state index contributed by atoms with van der Waals surface area (Å²) in [5, 5.41) is 11.5. The second kappa shape index (κ2) is 8.17. The van der Waals surface area contributed by atoms with Crippen LogP contribution in [-0.2, 0) is 16.8 Å². The van der Waals surface area contributed by atoms with E-state index in [4.69, 9.17) is 0 Å². The minimum absolute atomic E-state index is 0.262. The SMILES string of the molecule is Cc1ccc(C(=O)C[C@]2(O)C(=O)N(CCc3ccccc3)c3ccc(Br)cc32)cc1. The summed E-state index contributed by atoms with van der Waals surface area (Å²) >= 11 is 3.43. The minimum atomic E-state index is -1.88. The number of hydrogen-bond donors (Lipinski definition) is 1. The van der Waals surface area contributed by atoms with Gasteiger partial charge in [0, 0.05) is 22.1 Å². The summed E-state index contributed by atoms with van der Waals surface area (Å²) in [5.41, 5.74) is 1.88. The van der Waals surface area contributed by atoms with Gasteiger partial charge in [0.05, 0.1) is 12.1 Å². The first-order valence-electron chi connectivity index (χ1n) is 9.87. The molecule has 4 rings (SSSR count). The number of anilines is 1. The number of aliphatic hydroxyl groups is 1. The third-order valence-electron chi connectivity index (χ3n) is 5.55. The van der Waals surface area contributed by atoms with Gasteiger partial charge in [-0.25, -0.2) is 0 Å². The predicted octanol–water partition coefficient (Wildman–Crippen LogP) is 4.81. The highest BCUT2D eigenvalue weighted by Gasteiger charge is 2.50. The molecule has 0 saturated carbocycles. The second-order valence-corrected chi connectivity index (χ2v) is 8.60. The van der Waals surface area contributed by atoms with Gasteiger partial charge in [0.15, 0.2) is 11.4 Å². The molecule has 1 aliphatic rings. The first-order chi connectivity index (χ1) is 14.4. The van der Waals surface area contributed by atoms with Crippen LogP contribution in [0, 0.1) is 6.92 Å². The van der Waals surface area contributed by atoms with Crippen LogP contribution in [0.3, 0.4) is 0 Å². The van der Waals surface area contributed by atoms with Crippen molar-refractivity contribution in [1.29, 1.82) is 0 Å². The molecule has 0 radical (unpaired) electrons. The Bertz CT molecular complexity index is 1100. The highest BCUT2D eigenvalue weighted by molar-refractivity contribution is 9.10. The lowest BCUT2D eigenvalue weighted by molar-refractivity contribution is -0.135. The molecule has 152 valence electrons. The van der Waals surface area contributed by atoms with Crippen LogP contribution < -0.4 is 4.90 Å². The van der Waals surface area contributed by atoms with Gasteiger partial charge >= 0.3 is 0 Å². The van der Waals surface area contributed by atoms with Crippen LogP contribution in [0.5, 0.6) is 0 Å². The summed E-state index contributed by atoms with van der Waals surface area (Å²) in [6.07, 6.45) is 0.365. The average molecular weight is 464 g/mol. The molecule has 5 heteroatoms. The molecule has 4 nitrogen and oxygen atoms in total. The van der Waals surface area contributed by atoms with E-state index in [2.05, 4.69) is 15.9 Å². The molecule has 1 atom stereocenters. The number of amides is 1. The summed E-state index contributed by atoms with van der Waals surface area (Å²) < 4.78 is 0.750. The van der Waals surface area contributed by atoms with Crippen molar-refractivity contribution in [1.82, 2.24) is 0 Å². The summed E-state index contributed by atoms with van der Waals surface area (Å²) in [7, 11) is 0. The molecule has 30 heavy (non-hydrogen) atoms. The van der Waals surface area contributed by atoms with Gasteiger partial charge in [0.25, 0.3) is 5.91 Å². The molecule has 0 spiro atoms. The Kier molecular flexibility index (Phi) is 5.58. The largest absolute Gasteiger partial charge is 0.375 e. The van der Waals surface area contributed by atoms with Crippen molar-refractivity contribution >= 4 is 33.3 Å². The Labute approximate surface area is 184 Å². The van der Waals surface area contributed by atoms with Crippen molar-refractivity contribution < 1.29 is 14.7 Å². The molecule has 0 aliphatic carbocycles. The zero-order chi connectivity index (χ0) is 21.3. The van der Waals surface area contributed by atoms with Gasteiger partial charge in [0.1, 0.15) is 0 Å². The van der Waals surface area contributed by atoms with E-state index in [0.717, 1.165) is 15.6 Å². The van der Waals surface area contributed by atoms with Crippen molar-refractivity contribution in [3.8, 4) is 0 Å². The van der Waals surface area contributed by atoms with Gasteiger partial charge in [-0.3, -0.25) is 9.59 Å². The first kappa shape index (κ1) is 20.5. The van der Waals surface area contributed by atoms with E-state index < -0.39 is 11.5 Å². The number of nitrogens with zero attached hydrogens (tertiary/aromatic N) is 1. The van der Waals surface area contributed by atoms with E-state index >= 15 is 0 Å². The van der Waals surface area contributed by atoms with Gasteiger partial charge in [-0.15, -0.1) is 0 Å². The van der Waals surface area contributed by atoms with E-state index in [-0.39, 0.29) is 12.2 Å². The van der Waals surface area contributed by atoms with E-state index in [1.54, 1.807) is 23.1 Å². The summed E-state index contributed by atoms with van der Waals surface area (Å²) in [5.74, 6) is -0.714. The quantitative estimate of drug-likeness (QED) is 0.533. The number of benzene rings is 3. The Morgan fingerprint density at radius 1 is 1.03 bits per heavy atom. The fourth-order valence-electron chi connectivity index (χ4n) is 3.88. The third kappa shape index (κ3) is 3.83. The van der Waals surface area contributed by atoms with Crippen molar-refractivity contribution in [2.24, 2.45) is 0 Å². The number of fused-ring (bicyclic) bond motifs is 1. The lowest BCUT2D eigenvalue weighted by atomic mass is 9.88. The highest BCUT2D eigenvalue weighted by atomic mass is 79.9. The number of rotatable bonds is 6. The van der Waals surface area contributed by atoms with Crippen molar-refractivity contribution in [2.75, 3.05) is 11.4 Å². The van der Waals surface area contributed by atoms with Crippen LogP contribution in [0.15, 0.2) is 77.3 Å². The fourth-order valence-corrected chi connectivity index (χ4v) is 4.24. The molecule has 0 bridgehead atoms. The van der Waals surface area contributed by atoms with Crippen LogP contribution in [0.1, 0.15) is 33.5 Å². The lowest BCUT2D eigenvalue weighted by Crippen LogP contribution is -2.42. The number of hydrogen-bond acceptors (Lipinski definition) is 3. The summed E-state index contributed by atoms with van der Waals surface area (Å²) in [4.78, 5) is 27.8. The molecule has 1 amide bonds. The van der Waals surface area contributed by atoms with Gasteiger partial charge in [-0.1, -0.05) is 76.1 Å². The number of aryl methyl sites for hydroxylation is 1. The summed E-state index contributed by atoms with van der Waals surface area (Å²) in [6, 6.07) is 22.5. The van der Waals surface area contributed by atoms with Crippen molar-refractivity contribution in [2.45, 2.75) is 25.4 Å². The van der Waals surface area contributed by atoms with Crippen LogP contribution in [0.4, 0.5) is 5.69 Å². The van der Waals surface area contributed by atoms with E-state index in [9.17, 15) is 14.7 Å². The maximum atomic E-state index is 13.3. The normalized spacial score (nSPS) is 17.8. The highest BCUT2D eigenvalue weighted by Crippen LogP contribution is 2.44. The molecule has 1 aliphatic heterocycles. The zero-order valence-corrected chi connectivity index (χ0v) is 18.2. The summed E-state index contributed by atoms with van der Waals surface area (Å²) in [6.45, 7) is 2.37. The maximum Gasteiger partial charge on any atom is 0.264 e. The molecule has 3 aromatic carbocycles. The van der Waals surface area contributed by atoms with Crippen LogP contribution >= 0.6 is 15.9 Å². The number of ketones is 1. The van der Waals surface area contributed by atoms with Crippen LogP contribution in [0.2, 0.25) is 0 Å². The monoisotopic (exact) mass is 463 g/mol. The van der Waals surface area contributed by atoms with Gasteiger partial charge in [-0.05, 0) is 37.1 Å². The molecule has 0 aromatic heterocycles. The van der Waals surface area contributed by atoms with E-state index in [1.165, 1.54) is 0 Å². The Morgan fingerprint density at radius 2 is 1.73 bits per heavy atom. The number of halogens is 1. The average Bonchev–Trinajstić information content (AvgIpc) is 2.94. The topological polar surface area (TPSA) is 57.6 Å². The predicted molar refractivity (Wildman–Crippen MR) is 121 cm³/mol. The van der Waals surface area contributed by atoms with Gasteiger partial charge in [0.2, 0.25) is 0 Å². The maximum absolute atomic E-state index is 13.3. The van der Waals surface area contributed by atoms with E-state index in [0.29, 0.717) is 29.8 Å².